The van der Waals surface area contributed by atoms with Gasteiger partial charge in [0.1, 0.15) is 5.65 Å². The molecule has 13 aromatic rings. The molecule has 0 saturated heterocycles. The summed E-state index contributed by atoms with van der Waals surface area (Å²) < 4.78 is 1.77. The Morgan fingerprint density at radius 2 is 0.947 bits per heavy atom. The summed E-state index contributed by atoms with van der Waals surface area (Å²) >= 11 is 0. The van der Waals surface area contributed by atoms with Crippen LogP contribution in [-0.2, 0) is 0 Å². The van der Waals surface area contributed by atoms with Gasteiger partial charge in [-0.25, -0.2) is 4.98 Å². The summed E-state index contributed by atoms with van der Waals surface area (Å²) in [6, 6.07) is 37.5. The third-order valence-corrected chi connectivity index (χ3v) is 13.3. The fourth-order valence-corrected chi connectivity index (χ4v) is 11.0. The predicted octanol–water partition coefficient (Wildman–Crippen LogP) is 9.79. The molecule has 3 heterocycles. The molecule has 0 atom stereocenters. The maximum atomic E-state index is 14.2. The first kappa shape index (κ1) is 29.6. The summed E-state index contributed by atoms with van der Waals surface area (Å²) in [6.07, 6.45) is 2.15. The van der Waals surface area contributed by atoms with Crippen LogP contribution >= 0.6 is 0 Å². The Balaban J connectivity index is 1.15. The number of para-hydroxylation sites is 2. The van der Waals surface area contributed by atoms with E-state index < -0.39 is 0 Å². The van der Waals surface area contributed by atoms with Crippen molar-refractivity contribution in [2.24, 2.45) is 0 Å². The number of imidazole rings is 1. The summed E-state index contributed by atoms with van der Waals surface area (Å²) in [4.78, 5) is 45.2. The number of amides is 2. The van der Waals surface area contributed by atoms with Crippen molar-refractivity contribution in [1.82, 2.24) is 14.7 Å². The van der Waals surface area contributed by atoms with E-state index in [0.717, 1.165) is 108 Å². The van der Waals surface area contributed by atoms with E-state index in [0.29, 0.717) is 27.5 Å². The summed E-state index contributed by atoms with van der Waals surface area (Å²) in [7, 11) is 0. The van der Waals surface area contributed by atoms with Crippen LogP contribution in [0.5, 0.6) is 0 Å². The number of rotatable bonds is 0. The van der Waals surface area contributed by atoms with Crippen LogP contribution in [0.1, 0.15) is 27.6 Å². The van der Waals surface area contributed by atoms with Gasteiger partial charge in [0.15, 0.2) is 0 Å². The van der Waals surface area contributed by atoms with Gasteiger partial charge in [0.05, 0.1) is 11.0 Å². The van der Waals surface area contributed by atoms with E-state index in [9.17, 15) is 14.4 Å². The van der Waals surface area contributed by atoms with Crippen molar-refractivity contribution in [3.8, 4) is 0 Å². The SMILES string of the molecule is C=c1c2ccc3c4ccc5c6c(ccc(c7ccc(c8ccc9c%10ccc%11c%12c(ccc(/c(=C/C)c9c18)c%12%10)C(=O)NC%11=O)c2c73)c46)c(=O)n1c2ccccc2nc51. The molecule has 0 aliphatic carbocycles. The molecule has 1 N–H and O–H groups in total. The van der Waals surface area contributed by atoms with Crippen molar-refractivity contribution in [2.45, 2.75) is 6.92 Å². The van der Waals surface area contributed by atoms with Crippen molar-refractivity contribution in [3.63, 3.8) is 0 Å². The molecule has 0 unspecified atom stereocenters. The number of imide groups is 1. The molecule has 2 aromatic heterocycles. The largest absolute Gasteiger partial charge is 0.288 e. The fourth-order valence-electron chi connectivity index (χ4n) is 11.0. The second-order valence-electron chi connectivity index (χ2n) is 15.7. The first-order valence-electron chi connectivity index (χ1n) is 19.2. The van der Waals surface area contributed by atoms with E-state index in [-0.39, 0.29) is 17.4 Å². The molecular formula is C51H25N3O3. The van der Waals surface area contributed by atoms with Gasteiger partial charge in [0.25, 0.3) is 17.4 Å². The van der Waals surface area contributed by atoms with Crippen molar-refractivity contribution in [1.29, 1.82) is 0 Å². The minimum Gasteiger partial charge on any atom is -0.288 e. The number of fused-ring (bicyclic) bond motifs is 11. The van der Waals surface area contributed by atoms with Gasteiger partial charge < -0.3 is 0 Å². The van der Waals surface area contributed by atoms with Crippen LogP contribution in [0, 0.1) is 0 Å². The Morgan fingerprint density at radius 3 is 1.58 bits per heavy atom. The van der Waals surface area contributed by atoms with Gasteiger partial charge in [-0.15, -0.1) is 0 Å². The van der Waals surface area contributed by atoms with Crippen LogP contribution in [0.15, 0.2) is 114 Å². The lowest BCUT2D eigenvalue weighted by Gasteiger charge is -2.22. The summed E-state index contributed by atoms with van der Waals surface area (Å²) in [5, 5.41) is 25.4. The highest BCUT2D eigenvalue weighted by atomic mass is 16.2. The number of hydrogen-bond donors (Lipinski definition) is 1. The Labute approximate surface area is 320 Å². The Bertz CT molecular complexity index is 4290. The van der Waals surface area contributed by atoms with Gasteiger partial charge in [-0.1, -0.05) is 85.5 Å². The molecule has 6 nitrogen and oxygen atoms in total. The van der Waals surface area contributed by atoms with E-state index >= 15 is 0 Å². The molecule has 0 bridgehead atoms. The highest BCUT2D eigenvalue weighted by Crippen LogP contribution is 2.47. The smallest absolute Gasteiger partial charge is 0.264 e. The van der Waals surface area contributed by atoms with Gasteiger partial charge >= 0.3 is 0 Å². The molecule has 0 saturated carbocycles. The topological polar surface area (TPSA) is 80.5 Å². The molecule has 1 aliphatic rings. The van der Waals surface area contributed by atoms with E-state index in [1.165, 1.54) is 10.8 Å². The Hall–Kier alpha value is -7.70. The molecule has 0 radical (unpaired) electrons. The highest BCUT2D eigenvalue weighted by molar-refractivity contribution is 6.43. The normalized spacial score (nSPS) is 14.2. The molecule has 1 aliphatic heterocycles. The van der Waals surface area contributed by atoms with Gasteiger partial charge in [0.2, 0.25) is 0 Å². The van der Waals surface area contributed by atoms with Crippen LogP contribution in [0.4, 0.5) is 0 Å². The van der Waals surface area contributed by atoms with Gasteiger partial charge in [-0.05, 0) is 140 Å². The zero-order valence-electron chi connectivity index (χ0n) is 30.3. The Kier molecular flexibility index (Phi) is 4.97. The summed E-state index contributed by atoms with van der Waals surface area (Å²) in [5.41, 5.74) is 3.31. The minimum atomic E-state index is -0.364. The van der Waals surface area contributed by atoms with Crippen LogP contribution < -0.4 is 21.3 Å². The molecule has 14 rings (SSSR count). The minimum absolute atomic E-state index is 0.0513. The van der Waals surface area contributed by atoms with Crippen LogP contribution in [0.3, 0.4) is 0 Å². The molecule has 0 fully saturated rings. The first-order valence-corrected chi connectivity index (χ1v) is 19.2. The molecular weight excluding hydrogens is 703 g/mol. The summed E-state index contributed by atoms with van der Waals surface area (Å²) in [6.45, 7) is 6.89. The number of carbonyl (C=O) groups is 2. The standard InChI is InChI=1S/C51H25N3O3/c1-3-23-25-15-19-35-47-36(50(56)53-49(35)55)20-16-32(43(25)47)28-11-10-26-27-12-13-30-33-17-21-37-46-34(48-52-38-6-4-5-7-39(38)54(48)51(37)57)18-14-31(45(33)46)29-9-8-24(42(27)44(29)30)22(2)40(26)41(23)28/h3-21H,2H2,1H3,(H,53,55,56)/b23-3-. The number of carbonyl (C=O) groups excluding carboxylic acids is 2. The van der Waals surface area contributed by atoms with E-state index in [1.807, 2.05) is 54.6 Å². The third kappa shape index (κ3) is 3.19. The van der Waals surface area contributed by atoms with Crippen molar-refractivity contribution >= 4 is 149 Å². The second-order valence-corrected chi connectivity index (χ2v) is 15.7. The number of aromatic nitrogens is 2. The van der Waals surface area contributed by atoms with E-state index in [4.69, 9.17) is 11.6 Å². The summed E-state index contributed by atoms with van der Waals surface area (Å²) in [5.74, 6) is -0.728. The lowest BCUT2D eigenvalue weighted by molar-refractivity contribution is 0.0845. The maximum Gasteiger partial charge on any atom is 0.264 e. The lowest BCUT2D eigenvalue weighted by atomic mass is 9.82. The molecule has 262 valence electrons. The van der Waals surface area contributed by atoms with E-state index in [2.05, 4.69) is 72.9 Å². The number of benzene rings is 11. The van der Waals surface area contributed by atoms with E-state index in [1.54, 1.807) is 4.40 Å². The lowest BCUT2D eigenvalue weighted by Crippen LogP contribution is -2.34. The second kappa shape index (κ2) is 9.56. The van der Waals surface area contributed by atoms with Crippen molar-refractivity contribution in [2.75, 3.05) is 0 Å². The fraction of sp³-hybridized carbons (Fsp3) is 0.0196. The maximum absolute atomic E-state index is 14.2. The average Bonchev–Trinajstić information content (AvgIpc) is 3.64. The van der Waals surface area contributed by atoms with Crippen LogP contribution in [-0.4, -0.2) is 21.2 Å². The molecule has 57 heavy (non-hydrogen) atoms. The predicted molar refractivity (Wildman–Crippen MR) is 234 cm³/mol. The molecule has 2 amide bonds. The van der Waals surface area contributed by atoms with Crippen molar-refractivity contribution in [3.05, 3.63) is 141 Å². The van der Waals surface area contributed by atoms with Crippen LogP contribution in [0.25, 0.3) is 137 Å². The number of hydrogen-bond acceptors (Lipinski definition) is 4. The third-order valence-electron chi connectivity index (χ3n) is 13.3. The van der Waals surface area contributed by atoms with Gasteiger partial charge in [-0.2, -0.15) is 0 Å². The molecule has 0 spiro atoms. The Morgan fingerprint density at radius 1 is 0.491 bits per heavy atom. The van der Waals surface area contributed by atoms with Gasteiger partial charge in [-0.3, -0.25) is 24.1 Å². The van der Waals surface area contributed by atoms with Crippen LogP contribution in [0.2, 0.25) is 0 Å². The highest BCUT2D eigenvalue weighted by Gasteiger charge is 2.28. The molecule has 11 aromatic carbocycles. The number of pyridine rings is 1. The number of nitrogens with one attached hydrogen (secondary N) is 1. The monoisotopic (exact) mass is 727 g/mol. The van der Waals surface area contributed by atoms with Gasteiger partial charge in [0, 0.05) is 32.7 Å². The molecule has 6 heteroatoms. The number of nitrogens with zero attached hydrogens (tertiary/aromatic N) is 2. The average molecular weight is 728 g/mol. The first-order chi connectivity index (χ1) is 27.9. The zero-order valence-corrected chi connectivity index (χ0v) is 30.3. The zero-order chi connectivity index (χ0) is 37.7. The van der Waals surface area contributed by atoms with Crippen molar-refractivity contribution < 1.29 is 9.59 Å². The quantitative estimate of drug-likeness (QED) is 0.0959.